The smallest absolute Gasteiger partial charge is 0.325 e. The highest BCUT2D eigenvalue weighted by atomic mass is 35.5. The number of esters is 1. The van der Waals surface area contributed by atoms with Crippen molar-refractivity contribution in [3.63, 3.8) is 0 Å². The van der Waals surface area contributed by atoms with Gasteiger partial charge in [0.2, 0.25) is 0 Å². The van der Waals surface area contributed by atoms with Crippen molar-refractivity contribution in [2.45, 2.75) is 24.9 Å². The van der Waals surface area contributed by atoms with E-state index in [1.54, 1.807) is 19.1 Å². The quantitative estimate of drug-likeness (QED) is 0.844. The highest BCUT2D eigenvalue weighted by molar-refractivity contribution is 6.30. The predicted octanol–water partition coefficient (Wildman–Crippen LogP) is 2.45. The number of carbonyl (C=O) groups is 1. The summed E-state index contributed by atoms with van der Waals surface area (Å²) in [6.45, 7) is 1.76. The summed E-state index contributed by atoms with van der Waals surface area (Å²) in [6.07, 6.45) is 0.434. The molecule has 1 aliphatic rings. The van der Waals surface area contributed by atoms with E-state index >= 15 is 0 Å². The normalized spacial score (nSPS) is 29.8. The van der Waals surface area contributed by atoms with Crippen LogP contribution in [0, 0.1) is 17.2 Å². The van der Waals surface area contributed by atoms with Crippen molar-refractivity contribution in [1.29, 1.82) is 5.26 Å². The Balaban J connectivity index is 2.29. The van der Waals surface area contributed by atoms with Gasteiger partial charge >= 0.3 is 5.97 Å². The van der Waals surface area contributed by atoms with Crippen LogP contribution in [-0.2, 0) is 9.53 Å². The monoisotopic (exact) mass is 278 g/mol. The lowest BCUT2D eigenvalue weighted by Gasteiger charge is -2.22. The standard InChI is InChI=1S/C14H15ClN2O2/c1-14(13(18)19-2)7-10(8-16)12(17-14)9-3-5-11(15)6-4-9/h3-6,10,12,17H,7H2,1-2H3/t10-,12+,14+/m1/s1. The van der Waals surface area contributed by atoms with Crippen LogP contribution in [-0.4, -0.2) is 18.6 Å². The fourth-order valence-electron chi connectivity index (χ4n) is 2.53. The van der Waals surface area contributed by atoms with Gasteiger partial charge in [-0.3, -0.25) is 10.1 Å². The van der Waals surface area contributed by atoms with Crippen LogP contribution in [0.1, 0.15) is 24.9 Å². The fraction of sp³-hybridized carbons (Fsp3) is 0.429. The van der Waals surface area contributed by atoms with Gasteiger partial charge in [-0.2, -0.15) is 5.26 Å². The molecule has 0 bridgehead atoms. The molecule has 0 radical (unpaired) electrons. The molecule has 2 rings (SSSR count). The van der Waals surface area contributed by atoms with Crippen molar-refractivity contribution in [2.24, 2.45) is 5.92 Å². The van der Waals surface area contributed by atoms with Gasteiger partial charge in [-0.1, -0.05) is 23.7 Å². The van der Waals surface area contributed by atoms with E-state index in [2.05, 4.69) is 11.4 Å². The molecule has 1 aliphatic heterocycles. The molecule has 100 valence electrons. The van der Waals surface area contributed by atoms with E-state index in [0.29, 0.717) is 11.4 Å². The van der Waals surface area contributed by atoms with Crippen molar-refractivity contribution in [3.05, 3.63) is 34.9 Å². The van der Waals surface area contributed by atoms with Crippen LogP contribution in [0.2, 0.25) is 5.02 Å². The number of methoxy groups -OCH3 is 1. The molecule has 1 saturated heterocycles. The summed E-state index contributed by atoms with van der Waals surface area (Å²) in [5.74, 6) is -0.616. The predicted molar refractivity (Wildman–Crippen MR) is 71.5 cm³/mol. The zero-order valence-electron chi connectivity index (χ0n) is 10.8. The van der Waals surface area contributed by atoms with Crippen LogP contribution in [0.3, 0.4) is 0 Å². The summed E-state index contributed by atoms with van der Waals surface area (Å²) in [7, 11) is 1.35. The fourth-order valence-corrected chi connectivity index (χ4v) is 2.66. The summed E-state index contributed by atoms with van der Waals surface area (Å²) in [5, 5.41) is 13.1. The first-order valence-corrected chi connectivity index (χ1v) is 6.39. The maximum Gasteiger partial charge on any atom is 0.325 e. The second kappa shape index (κ2) is 5.20. The molecule has 1 N–H and O–H groups in total. The Kier molecular flexibility index (Phi) is 3.79. The number of nitrogens with one attached hydrogen (secondary N) is 1. The van der Waals surface area contributed by atoms with Crippen LogP contribution < -0.4 is 5.32 Å². The minimum atomic E-state index is -0.820. The Morgan fingerprint density at radius 2 is 2.16 bits per heavy atom. The molecule has 5 heteroatoms. The molecule has 3 atom stereocenters. The van der Waals surface area contributed by atoms with Gasteiger partial charge in [-0.15, -0.1) is 0 Å². The van der Waals surface area contributed by atoms with Gasteiger partial charge in [-0.05, 0) is 31.0 Å². The lowest BCUT2D eigenvalue weighted by molar-refractivity contribution is -0.147. The molecule has 1 fully saturated rings. The van der Waals surface area contributed by atoms with E-state index in [1.807, 2.05) is 12.1 Å². The Labute approximate surface area is 117 Å². The van der Waals surface area contributed by atoms with Gasteiger partial charge in [0, 0.05) is 11.1 Å². The van der Waals surface area contributed by atoms with Gasteiger partial charge in [0.25, 0.3) is 0 Å². The minimum Gasteiger partial charge on any atom is -0.468 e. The number of carbonyl (C=O) groups excluding carboxylic acids is 1. The van der Waals surface area contributed by atoms with Crippen LogP contribution in [0.15, 0.2) is 24.3 Å². The molecule has 1 heterocycles. The van der Waals surface area contributed by atoms with E-state index in [-0.39, 0.29) is 17.9 Å². The highest BCUT2D eigenvalue weighted by Gasteiger charge is 2.47. The maximum atomic E-state index is 11.8. The third-order valence-corrected chi connectivity index (χ3v) is 3.79. The van der Waals surface area contributed by atoms with E-state index in [0.717, 1.165) is 5.56 Å². The molecule has 0 aliphatic carbocycles. The number of hydrogen-bond donors (Lipinski definition) is 1. The van der Waals surface area contributed by atoms with Crippen LogP contribution >= 0.6 is 11.6 Å². The topological polar surface area (TPSA) is 62.1 Å². The van der Waals surface area contributed by atoms with E-state index < -0.39 is 5.54 Å². The second-order valence-electron chi connectivity index (χ2n) is 4.94. The van der Waals surface area contributed by atoms with Gasteiger partial charge in [-0.25, -0.2) is 0 Å². The van der Waals surface area contributed by atoms with Crippen molar-refractivity contribution >= 4 is 17.6 Å². The van der Waals surface area contributed by atoms with Crippen LogP contribution in [0.5, 0.6) is 0 Å². The van der Waals surface area contributed by atoms with E-state index in [9.17, 15) is 10.1 Å². The first kappa shape index (κ1) is 13.9. The summed E-state index contributed by atoms with van der Waals surface area (Å²) in [5.41, 5.74) is 0.128. The number of rotatable bonds is 2. The summed E-state index contributed by atoms with van der Waals surface area (Å²) < 4.78 is 4.80. The van der Waals surface area contributed by atoms with Crippen molar-refractivity contribution in [2.75, 3.05) is 7.11 Å². The van der Waals surface area contributed by atoms with Crippen molar-refractivity contribution in [3.8, 4) is 6.07 Å². The molecule has 0 amide bonds. The second-order valence-corrected chi connectivity index (χ2v) is 5.37. The number of ether oxygens (including phenoxy) is 1. The number of halogens is 1. The third kappa shape index (κ3) is 2.58. The Hall–Kier alpha value is -1.57. The molecule has 1 aromatic rings. The minimum absolute atomic E-state index is 0.189. The average molecular weight is 279 g/mol. The zero-order valence-corrected chi connectivity index (χ0v) is 11.6. The Morgan fingerprint density at radius 3 is 2.68 bits per heavy atom. The summed E-state index contributed by atoms with van der Waals surface area (Å²) in [6, 6.07) is 9.36. The molecular formula is C14H15ClN2O2. The molecule has 0 unspecified atom stereocenters. The first-order chi connectivity index (χ1) is 9.00. The Bertz CT molecular complexity index is 523. The SMILES string of the molecule is COC(=O)[C@]1(C)C[C@H](C#N)[C@H](c2ccc(Cl)cc2)N1. The highest BCUT2D eigenvalue weighted by Crippen LogP contribution is 2.38. The lowest BCUT2D eigenvalue weighted by Crippen LogP contribution is -2.45. The largest absolute Gasteiger partial charge is 0.468 e. The summed E-state index contributed by atoms with van der Waals surface area (Å²) >= 11 is 5.86. The van der Waals surface area contributed by atoms with Crippen molar-refractivity contribution in [1.82, 2.24) is 5.32 Å². The number of benzene rings is 1. The Morgan fingerprint density at radius 1 is 1.53 bits per heavy atom. The maximum absolute atomic E-state index is 11.8. The lowest BCUT2D eigenvalue weighted by atomic mass is 9.91. The summed E-state index contributed by atoms with van der Waals surface area (Å²) in [4.78, 5) is 11.8. The zero-order chi connectivity index (χ0) is 14.0. The van der Waals surface area contributed by atoms with Gasteiger partial charge < -0.3 is 4.74 Å². The average Bonchev–Trinajstić information content (AvgIpc) is 2.77. The molecule has 0 saturated carbocycles. The number of hydrogen-bond acceptors (Lipinski definition) is 4. The molecular weight excluding hydrogens is 264 g/mol. The molecule has 19 heavy (non-hydrogen) atoms. The van der Waals surface area contributed by atoms with Gasteiger partial charge in [0.15, 0.2) is 0 Å². The van der Waals surface area contributed by atoms with Crippen LogP contribution in [0.4, 0.5) is 0 Å². The van der Waals surface area contributed by atoms with E-state index in [1.165, 1.54) is 7.11 Å². The number of nitriles is 1. The van der Waals surface area contributed by atoms with E-state index in [4.69, 9.17) is 16.3 Å². The first-order valence-electron chi connectivity index (χ1n) is 6.01. The molecule has 0 spiro atoms. The van der Waals surface area contributed by atoms with Gasteiger partial charge in [0.1, 0.15) is 5.54 Å². The third-order valence-electron chi connectivity index (χ3n) is 3.54. The molecule has 1 aromatic carbocycles. The van der Waals surface area contributed by atoms with Gasteiger partial charge in [0.05, 0.1) is 19.1 Å². The van der Waals surface area contributed by atoms with Crippen LogP contribution in [0.25, 0.3) is 0 Å². The van der Waals surface area contributed by atoms with Crippen molar-refractivity contribution < 1.29 is 9.53 Å². The molecule has 0 aromatic heterocycles. The number of nitrogens with zero attached hydrogens (tertiary/aromatic N) is 1. The molecule has 4 nitrogen and oxygen atoms in total.